The Morgan fingerprint density at radius 1 is 1.08 bits per heavy atom. The number of benzene rings is 1. The smallest absolute Gasteiger partial charge is 0.293 e. The van der Waals surface area contributed by atoms with E-state index in [1.54, 1.807) is 6.20 Å². The van der Waals surface area contributed by atoms with Crippen molar-refractivity contribution in [3.8, 4) is 17.0 Å². The number of morpholine rings is 1. The summed E-state index contributed by atoms with van der Waals surface area (Å²) in [6.07, 6.45) is 8.09. The van der Waals surface area contributed by atoms with E-state index < -0.39 is 0 Å². The molecule has 0 aliphatic carbocycles. The minimum Gasteiger partial charge on any atom is -0.491 e. The van der Waals surface area contributed by atoms with E-state index in [9.17, 15) is 9.59 Å². The number of carbonyl (C=O) groups excluding carboxylic acids is 2. The topological polar surface area (TPSA) is 133 Å². The first-order chi connectivity index (χ1) is 24.2. The zero-order valence-corrected chi connectivity index (χ0v) is 32.0. The van der Waals surface area contributed by atoms with Crippen LogP contribution in [0.5, 0.6) is 5.75 Å². The van der Waals surface area contributed by atoms with Gasteiger partial charge in [-0.15, -0.1) is 0 Å². The molecule has 50 heavy (non-hydrogen) atoms. The van der Waals surface area contributed by atoms with Crippen LogP contribution in [0.2, 0.25) is 0 Å². The lowest BCUT2D eigenvalue weighted by atomic mass is 9.84. The molecule has 4 rings (SSSR count). The lowest BCUT2D eigenvalue weighted by Crippen LogP contribution is -2.36. The lowest BCUT2D eigenvalue weighted by molar-refractivity contribution is -0.131. The number of anilines is 1. The van der Waals surface area contributed by atoms with E-state index in [4.69, 9.17) is 24.9 Å². The van der Waals surface area contributed by atoms with Crippen molar-refractivity contribution in [1.29, 1.82) is 0 Å². The molecule has 1 amide bonds. The van der Waals surface area contributed by atoms with Crippen LogP contribution in [-0.2, 0) is 32.0 Å². The van der Waals surface area contributed by atoms with Gasteiger partial charge in [0.15, 0.2) is 0 Å². The van der Waals surface area contributed by atoms with Crippen LogP contribution in [0.4, 0.5) is 5.69 Å². The van der Waals surface area contributed by atoms with Gasteiger partial charge >= 0.3 is 0 Å². The van der Waals surface area contributed by atoms with Crippen LogP contribution >= 0.6 is 0 Å². The van der Waals surface area contributed by atoms with Gasteiger partial charge < -0.3 is 29.4 Å². The van der Waals surface area contributed by atoms with Crippen LogP contribution in [0, 0.1) is 5.41 Å². The van der Waals surface area contributed by atoms with Crippen LogP contribution in [-0.4, -0.2) is 75.0 Å². The van der Waals surface area contributed by atoms with Gasteiger partial charge in [0.25, 0.3) is 6.47 Å². The van der Waals surface area contributed by atoms with E-state index in [0.29, 0.717) is 38.4 Å². The molecule has 1 saturated heterocycles. The molecule has 0 atom stereocenters. The maximum atomic E-state index is 11.0. The third kappa shape index (κ3) is 12.6. The fraction of sp³-hybridized carbons (Fsp3) is 0.615. The van der Waals surface area contributed by atoms with Gasteiger partial charge in [-0.3, -0.25) is 20.0 Å². The normalized spacial score (nSPS) is 12.9. The number of fused-ring (bicyclic) bond motifs is 1. The van der Waals surface area contributed by atoms with Gasteiger partial charge in [-0.1, -0.05) is 67.7 Å². The van der Waals surface area contributed by atoms with E-state index in [-0.39, 0.29) is 11.3 Å². The van der Waals surface area contributed by atoms with Crippen molar-refractivity contribution in [1.82, 2.24) is 20.4 Å². The van der Waals surface area contributed by atoms with Crippen LogP contribution in [0.25, 0.3) is 22.2 Å². The Morgan fingerprint density at radius 3 is 2.44 bits per heavy atom. The number of aromatic nitrogens is 2. The first-order valence-electron chi connectivity index (χ1n) is 18.5. The summed E-state index contributed by atoms with van der Waals surface area (Å²) < 4.78 is 19.2. The highest BCUT2D eigenvalue weighted by Gasteiger charge is 2.29. The van der Waals surface area contributed by atoms with Gasteiger partial charge in [0.2, 0.25) is 6.41 Å². The van der Waals surface area contributed by atoms with Crippen molar-refractivity contribution in [3.05, 3.63) is 41.7 Å². The molecular formula is C39H64N6O5. The SMILES string of the molecule is CC.CCCCCCNNC=O.CCn1c(-c2cc(OCCN)cnc2C(C)C)c(CC(C)(C)COC=O)c2cc(N3CCOCC3)ccc21. The number of aryl methyl sites for hydroxylation is 1. The number of nitrogens with zero attached hydrogens (tertiary/aromatic N) is 3. The maximum absolute atomic E-state index is 11.0. The molecule has 1 fully saturated rings. The summed E-state index contributed by atoms with van der Waals surface area (Å²) in [6.45, 7) is 23.6. The Hall–Kier alpha value is -3.67. The quantitative estimate of drug-likeness (QED) is 0.0720. The molecule has 2 aromatic heterocycles. The van der Waals surface area contributed by atoms with E-state index in [0.717, 1.165) is 69.2 Å². The Labute approximate surface area is 300 Å². The number of carbonyl (C=O) groups is 2. The molecule has 3 heterocycles. The molecule has 4 N–H and O–H groups in total. The van der Waals surface area contributed by atoms with Gasteiger partial charge in [0.05, 0.1) is 37.4 Å². The second-order valence-corrected chi connectivity index (χ2v) is 13.3. The number of hydrogen-bond acceptors (Lipinski definition) is 9. The lowest BCUT2D eigenvalue weighted by Gasteiger charge is -2.29. The van der Waals surface area contributed by atoms with Crippen molar-refractivity contribution >= 4 is 29.5 Å². The Kier molecular flexibility index (Phi) is 19.5. The predicted molar refractivity (Wildman–Crippen MR) is 205 cm³/mol. The fourth-order valence-electron chi connectivity index (χ4n) is 6.15. The number of hydrogen-bond donors (Lipinski definition) is 3. The summed E-state index contributed by atoms with van der Waals surface area (Å²) in [5, 5.41) is 1.22. The van der Waals surface area contributed by atoms with Crippen LogP contribution in [0.1, 0.15) is 98.2 Å². The van der Waals surface area contributed by atoms with Crippen molar-refractivity contribution in [2.75, 3.05) is 57.5 Å². The monoisotopic (exact) mass is 696 g/mol. The summed E-state index contributed by atoms with van der Waals surface area (Å²) in [6, 6.07) is 8.89. The van der Waals surface area contributed by atoms with Gasteiger partial charge in [-0.05, 0) is 55.5 Å². The van der Waals surface area contributed by atoms with Crippen molar-refractivity contribution in [2.45, 2.75) is 100.0 Å². The second-order valence-electron chi connectivity index (χ2n) is 13.3. The molecule has 0 spiro atoms. The number of ether oxygens (including phenoxy) is 3. The molecule has 11 nitrogen and oxygen atoms in total. The van der Waals surface area contributed by atoms with Crippen molar-refractivity contribution < 1.29 is 23.8 Å². The van der Waals surface area contributed by atoms with Gasteiger partial charge in [0, 0.05) is 60.3 Å². The van der Waals surface area contributed by atoms with Gasteiger partial charge in [-0.25, -0.2) is 5.43 Å². The standard InChI is InChI=1S/C30H42N4O4.C7H16N2O.C2H6/c1-6-34-27-8-7-22(33-10-13-36-14-11-33)15-24(27)26(17-30(4,5)19-37-20-35)29(34)25-16-23(38-12-9-31)18-32-28(25)21(2)3;1-2-3-4-5-6-8-9-7-10;1-2/h7-8,15-16,18,20-21H,6,9-14,17,19,31H2,1-5H3;7-8H,2-6H2,1H3,(H,9,10);1-2H3. The molecule has 280 valence electrons. The van der Waals surface area contributed by atoms with Gasteiger partial charge in [0.1, 0.15) is 12.4 Å². The number of amides is 1. The fourth-order valence-corrected chi connectivity index (χ4v) is 6.15. The molecule has 0 radical (unpaired) electrons. The highest BCUT2D eigenvalue weighted by molar-refractivity contribution is 5.94. The number of hydrazine groups is 1. The Bertz CT molecular complexity index is 1420. The summed E-state index contributed by atoms with van der Waals surface area (Å²) in [7, 11) is 0. The van der Waals surface area contributed by atoms with E-state index in [2.05, 4.69) is 86.1 Å². The molecule has 1 aromatic carbocycles. The highest BCUT2D eigenvalue weighted by atomic mass is 16.5. The number of nitrogens with two attached hydrogens (primary N) is 1. The number of unbranched alkanes of at least 4 members (excludes halogenated alkanes) is 3. The molecule has 1 aliphatic heterocycles. The molecular weight excluding hydrogens is 632 g/mol. The van der Waals surface area contributed by atoms with E-state index in [1.165, 1.54) is 41.4 Å². The zero-order valence-electron chi connectivity index (χ0n) is 32.0. The molecule has 0 saturated carbocycles. The number of pyridine rings is 1. The van der Waals surface area contributed by atoms with Gasteiger partial charge in [-0.2, -0.15) is 0 Å². The average molecular weight is 697 g/mol. The summed E-state index contributed by atoms with van der Waals surface area (Å²) >= 11 is 0. The third-order valence-electron chi connectivity index (χ3n) is 8.44. The first-order valence-corrected chi connectivity index (χ1v) is 18.5. The summed E-state index contributed by atoms with van der Waals surface area (Å²) in [5.74, 6) is 0.936. The molecule has 3 aromatic rings. The number of nitrogens with one attached hydrogen (secondary N) is 2. The third-order valence-corrected chi connectivity index (χ3v) is 8.44. The highest BCUT2D eigenvalue weighted by Crippen LogP contribution is 2.42. The Balaban J connectivity index is 0.000000623. The average Bonchev–Trinajstić information content (AvgIpc) is 3.44. The van der Waals surface area contributed by atoms with E-state index >= 15 is 0 Å². The van der Waals surface area contributed by atoms with E-state index in [1.807, 2.05) is 13.8 Å². The molecule has 1 aliphatic rings. The largest absolute Gasteiger partial charge is 0.491 e. The zero-order chi connectivity index (χ0) is 36.9. The summed E-state index contributed by atoms with van der Waals surface area (Å²) in [5.41, 5.74) is 17.5. The Morgan fingerprint density at radius 2 is 1.82 bits per heavy atom. The van der Waals surface area contributed by atoms with Crippen molar-refractivity contribution in [3.63, 3.8) is 0 Å². The maximum Gasteiger partial charge on any atom is 0.293 e. The minimum absolute atomic E-state index is 0.222. The number of rotatable bonds is 19. The first kappa shape index (κ1) is 42.5. The molecule has 0 unspecified atom stereocenters. The molecule has 0 bridgehead atoms. The van der Waals surface area contributed by atoms with Crippen LogP contribution in [0.3, 0.4) is 0 Å². The van der Waals surface area contributed by atoms with Crippen LogP contribution in [0.15, 0.2) is 30.5 Å². The second kappa shape index (κ2) is 22.9. The van der Waals surface area contributed by atoms with Crippen molar-refractivity contribution in [2.24, 2.45) is 11.1 Å². The summed E-state index contributed by atoms with van der Waals surface area (Å²) in [4.78, 5) is 28.0. The minimum atomic E-state index is -0.267. The molecule has 11 heteroatoms. The predicted octanol–water partition coefficient (Wildman–Crippen LogP) is 6.61. The van der Waals surface area contributed by atoms with Crippen LogP contribution < -0.4 is 26.2 Å².